The van der Waals surface area contributed by atoms with E-state index in [0.29, 0.717) is 17.5 Å². The zero-order valence-electron chi connectivity index (χ0n) is 11.9. The van der Waals surface area contributed by atoms with Crippen molar-refractivity contribution < 1.29 is 4.74 Å². The molecule has 0 atom stereocenters. The number of nitrogen functional groups attached to an aromatic ring is 1. The third kappa shape index (κ3) is 2.67. The Kier molecular flexibility index (Phi) is 3.42. The minimum absolute atomic E-state index is 0.196. The molecule has 0 aliphatic rings. The molecule has 2 heterocycles. The van der Waals surface area contributed by atoms with Gasteiger partial charge < -0.3 is 10.5 Å². The van der Waals surface area contributed by atoms with Crippen LogP contribution in [0.5, 0.6) is 11.6 Å². The Balaban J connectivity index is 2.38. The van der Waals surface area contributed by atoms with Gasteiger partial charge >= 0.3 is 0 Å². The van der Waals surface area contributed by atoms with Crippen LogP contribution in [-0.2, 0) is 7.05 Å². The van der Waals surface area contributed by atoms with Crippen molar-refractivity contribution in [2.24, 2.45) is 7.05 Å². The summed E-state index contributed by atoms with van der Waals surface area (Å²) in [6, 6.07) is 1.62. The van der Waals surface area contributed by atoms with Gasteiger partial charge in [0.2, 0.25) is 5.88 Å². The molecule has 19 heavy (non-hydrogen) atoms. The van der Waals surface area contributed by atoms with Crippen molar-refractivity contribution in [2.45, 2.75) is 33.6 Å². The predicted octanol–water partition coefficient (Wildman–Crippen LogP) is 2.32. The van der Waals surface area contributed by atoms with Crippen LogP contribution in [0.25, 0.3) is 0 Å². The van der Waals surface area contributed by atoms with Gasteiger partial charge in [0, 0.05) is 19.0 Å². The molecule has 0 fully saturated rings. The van der Waals surface area contributed by atoms with Crippen molar-refractivity contribution in [3.63, 3.8) is 0 Å². The molecule has 0 aromatic carbocycles. The van der Waals surface area contributed by atoms with Crippen LogP contribution >= 0.6 is 0 Å². The van der Waals surface area contributed by atoms with E-state index >= 15 is 0 Å². The van der Waals surface area contributed by atoms with E-state index in [9.17, 15) is 0 Å². The van der Waals surface area contributed by atoms with E-state index in [4.69, 9.17) is 10.5 Å². The van der Waals surface area contributed by atoms with Crippen LogP contribution in [0.2, 0.25) is 0 Å². The van der Waals surface area contributed by atoms with Crippen LogP contribution in [0.1, 0.15) is 37.0 Å². The second-order valence-corrected chi connectivity index (χ2v) is 4.87. The highest BCUT2D eigenvalue weighted by Crippen LogP contribution is 2.28. The standard InChI is InChI=1S/C13H19N5O/c1-7(2)13-15-10(14)6-11(16-13)19-12-8(3)17-18(5)9(12)4/h6-7H,1-5H3,(H2,14,15,16). The highest BCUT2D eigenvalue weighted by atomic mass is 16.5. The summed E-state index contributed by atoms with van der Waals surface area (Å²) in [7, 11) is 1.88. The molecule has 0 spiro atoms. The van der Waals surface area contributed by atoms with E-state index in [2.05, 4.69) is 15.1 Å². The Morgan fingerprint density at radius 1 is 1.26 bits per heavy atom. The van der Waals surface area contributed by atoms with E-state index in [1.54, 1.807) is 10.7 Å². The maximum absolute atomic E-state index is 5.82. The number of aromatic nitrogens is 4. The minimum atomic E-state index is 0.196. The first-order chi connectivity index (χ1) is 8.88. The fourth-order valence-electron chi connectivity index (χ4n) is 1.78. The Morgan fingerprint density at radius 2 is 1.95 bits per heavy atom. The number of anilines is 1. The summed E-state index contributed by atoms with van der Waals surface area (Å²) in [6.45, 7) is 7.87. The molecule has 6 heteroatoms. The first-order valence-corrected chi connectivity index (χ1v) is 6.21. The molecule has 2 aromatic rings. The van der Waals surface area contributed by atoms with E-state index in [1.165, 1.54) is 0 Å². The van der Waals surface area contributed by atoms with Crippen molar-refractivity contribution in [1.82, 2.24) is 19.7 Å². The van der Waals surface area contributed by atoms with E-state index in [0.717, 1.165) is 17.1 Å². The summed E-state index contributed by atoms with van der Waals surface area (Å²) in [6.07, 6.45) is 0. The van der Waals surface area contributed by atoms with Crippen LogP contribution in [0.3, 0.4) is 0 Å². The van der Waals surface area contributed by atoms with Gasteiger partial charge in [-0.1, -0.05) is 13.8 Å². The predicted molar refractivity (Wildman–Crippen MR) is 73.3 cm³/mol. The number of aryl methyl sites for hydroxylation is 2. The van der Waals surface area contributed by atoms with E-state index in [1.807, 2.05) is 34.7 Å². The lowest BCUT2D eigenvalue weighted by Gasteiger charge is -2.09. The van der Waals surface area contributed by atoms with Crippen molar-refractivity contribution in [1.29, 1.82) is 0 Å². The largest absolute Gasteiger partial charge is 0.435 e. The summed E-state index contributed by atoms with van der Waals surface area (Å²) in [5.41, 5.74) is 7.55. The summed E-state index contributed by atoms with van der Waals surface area (Å²) in [4.78, 5) is 8.56. The monoisotopic (exact) mass is 261 g/mol. The summed E-state index contributed by atoms with van der Waals surface area (Å²) >= 11 is 0. The molecule has 2 aromatic heterocycles. The maximum Gasteiger partial charge on any atom is 0.224 e. The van der Waals surface area contributed by atoms with Crippen molar-refractivity contribution >= 4 is 5.82 Å². The van der Waals surface area contributed by atoms with Gasteiger partial charge in [0.1, 0.15) is 17.3 Å². The van der Waals surface area contributed by atoms with Crippen LogP contribution in [-0.4, -0.2) is 19.7 Å². The summed E-state index contributed by atoms with van der Waals surface area (Å²) < 4.78 is 7.59. The molecule has 0 amide bonds. The zero-order valence-corrected chi connectivity index (χ0v) is 11.9. The summed E-state index contributed by atoms with van der Waals surface area (Å²) in [5.74, 6) is 2.45. The van der Waals surface area contributed by atoms with Crippen LogP contribution in [0.4, 0.5) is 5.82 Å². The number of nitrogens with zero attached hydrogens (tertiary/aromatic N) is 4. The molecular weight excluding hydrogens is 242 g/mol. The van der Waals surface area contributed by atoms with Gasteiger partial charge in [-0.25, -0.2) is 4.98 Å². The molecule has 0 bridgehead atoms. The second kappa shape index (κ2) is 4.87. The first-order valence-electron chi connectivity index (χ1n) is 6.21. The lowest BCUT2D eigenvalue weighted by atomic mass is 10.2. The smallest absolute Gasteiger partial charge is 0.224 e. The Labute approximate surface area is 112 Å². The van der Waals surface area contributed by atoms with Gasteiger partial charge in [0.25, 0.3) is 0 Å². The van der Waals surface area contributed by atoms with Crippen molar-refractivity contribution in [3.8, 4) is 11.6 Å². The lowest BCUT2D eigenvalue weighted by Crippen LogP contribution is -2.03. The average molecular weight is 261 g/mol. The maximum atomic E-state index is 5.82. The highest BCUT2D eigenvalue weighted by Gasteiger charge is 2.14. The third-order valence-corrected chi connectivity index (χ3v) is 2.91. The normalized spacial score (nSPS) is 11.1. The van der Waals surface area contributed by atoms with Gasteiger partial charge in [0.15, 0.2) is 5.75 Å². The van der Waals surface area contributed by atoms with Gasteiger partial charge in [-0.05, 0) is 13.8 Å². The fourth-order valence-corrected chi connectivity index (χ4v) is 1.78. The fraction of sp³-hybridized carbons (Fsp3) is 0.462. The average Bonchev–Trinajstić information content (AvgIpc) is 2.55. The van der Waals surface area contributed by atoms with Crippen LogP contribution in [0.15, 0.2) is 6.07 Å². The Hall–Kier alpha value is -2.11. The van der Waals surface area contributed by atoms with Crippen molar-refractivity contribution in [2.75, 3.05) is 5.73 Å². The number of nitrogens with two attached hydrogens (primary N) is 1. The van der Waals surface area contributed by atoms with Gasteiger partial charge in [-0.15, -0.1) is 0 Å². The molecular formula is C13H19N5O. The molecule has 0 aliphatic heterocycles. The second-order valence-electron chi connectivity index (χ2n) is 4.87. The quantitative estimate of drug-likeness (QED) is 0.917. The van der Waals surface area contributed by atoms with Gasteiger partial charge in [0.05, 0.1) is 5.69 Å². The molecule has 0 unspecified atom stereocenters. The van der Waals surface area contributed by atoms with Crippen molar-refractivity contribution in [3.05, 3.63) is 23.3 Å². The number of hydrogen-bond acceptors (Lipinski definition) is 5. The first kappa shape index (κ1) is 13.3. The molecule has 2 rings (SSSR count). The number of rotatable bonds is 3. The molecule has 0 saturated carbocycles. The molecule has 102 valence electrons. The Bertz CT molecular complexity index is 603. The lowest BCUT2D eigenvalue weighted by molar-refractivity contribution is 0.450. The minimum Gasteiger partial charge on any atom is -0.435 e. The molecule has 0 saturated heterocycles. The SMILES string of the molecule is Cc1nn(C)c(C)c1Oc1cc(N)nc(C(C)C)n1. The van der Waals surface area contributed by atoms with Gasteiger partial charge in [-0.2, -0.15) is 10.1 Å². The van der Waals surface area contributed by atoms with Crippen LogP contribution in [0, 0.1) is 13.8 Å². The molecule has 0 aliphatic carbocycles. The van der Waals surface area contributed by atoms with Gasteiger partial charge in [-0.3, -0.25) is 4.68 Å². The molecule has 2 N–H and O–H groups in total. The summed E-state index contributed by atoms with van der Waals surface area (Å²) in [5, 5.41) is 4.30. The number of ether oxygens (including phenoxy) is 1. The zero-order chi connectivity index (χ0) is 14.2. The topological polar surface area (TPSA) is 78.9 Å². The van der Waals surface area contributed by atoms with E-state index < -0.39 is 0 Å². The van der Waals surface area contributed by atoms with E-state index in [-0.39, 0.29) is 5.92 Å². The van der Waals surface area contributed by atoms with Crippen LogP contribution < -0.4 is 10.5 Å². The Morgan fingerprint density at radius 3 is 2.47 bits per heavy atom. The third-order valence-electron chi connectivity index (χ3n) is 2.91. The number of hydrogen-bond donors (Lipinski definition) is 1. The highest BCUT2D eigenvalue weighted by molar-refractivity contribution is 5.39. The molecule has 6 nitrogen and oxygen atoms in total. The molecule has 0 radical (unpaired) electrons.